The van der Waals surface area contributed by atoms with Crippen molar-refractivity contribution in [2.45, 2.75) is 90.9 Å². The molecule has 54 heavy (non-hydrogen) atoms. The molecule has 0 saturated heterocycles. The van der Waals surface area contributed by atoms with Gasteiger partial charge in [-0.3, -0.25) is 9.59 Å². The number of carbonyl (C=O) groups excluding carboxylic acids is 2. The highest BCUT2D eigenvalue weighted by atomic mass is 79.9. The predicted octanol–water partition coefficient (Wildman–Crippen LogP) is 9.82. The van der Waals surface area contributed by atoms with Crippen molar-refractivity contribution in [3.8, 4) is 0 Å². The van der Waals surface area contributed by atoms with Gasteiger partial charge in [0.15, 0.2) is 0 Å². The Bertz CT molecular complexity index is 1220. The number of nitrogens with zero attached hydrogens (tertiary/aromatic N) is 6. The summed E-state index contributed by atoms with van der Waals surface area (Å²) < 4.78 is 1.85. The van der Waals surface area contributed by atoms with Gasteiger partial charge in [0.25, 0.3) is 11.8 Å². The molecule has 0 atom stereocenters. The largest absolute Gasteiger partial charge is 0.339 e. The first-order valence-corrected chi connectivity index (χ1v) is 24.2. The Morgan fingerprint density at radius 3 is 0.944 bits per heavy atom. The van der Waals surface area contributed by atoms with Crippen molar-refractivity contribution in [1.82, 2.24) is 29.4 Å². The Hall–Kier alpha value is -1.12. The maximum Gasteiger partial charge on any atom is 0.255 e. The number of carbonyl (C=O) groups is 2. The van der Waals surface area contributed by atoms with E-state index in [0.717, 1.165) is 149 Å². The average molecular weight is 915 g/mol. The van der Waals surface area contributed by atoms with Crippen molar-refractivity contribution >= 4 is 65.3 Å². The summed E-state index contributed by atoms with van der Waals surface area (Å²) in [5.41, 5.74) is 1.41. The van der Waals surface area contributed by atoms with Crippen LogP contribution < -0.4 is 0 Å². The molecule has 0 N–H and O–H groups in total. The maximum atomic E-state index is 14.4. The molecule has 0 aromatic heterocycles. The lowest BCUT2D eigenvalue weighted by molar-refractivity contribution is 0.0729. The molecular weight excluding hydrogens is 844 g/mol. The van der Waals surface area contributed by atoms with Crippen LogP contribution in [0.5, 0.6) is 0 Å². The Kier molecular flexibility index (Phi) is 25.7. The van der Waals surface area contributed by atoms with Gasteiger partial charge in [0.05, 0.1) is 11.1 Å². The summed E-state index contributed by atoms with van der Waals surface area (Å²) in [4.78, 5) is 44.4. The molecule has 2 amide bonds. The van der Waals surface area contributed by atoms with Crippen LogP contribution in [0.4, 0.5) is 0 Å². The van der Waals surface area contributed by atoms with E-state index in [1.54, 1.807) is 21.6 Å². The molecular formula is C42H70Br2N6O2S2. The summed E-state index contributed by atoms with van der Waals surface area (Å²) in [5.74, 6) is 0.144. The fourth-order valence-corrected chi connectivity index (χ4v) is 10.1. The lowest BCUT2D eigenvalue weighted by Crippen LogP contribution is -2.37. The number of hydrogen-bond acceptors (Lipinski definition) is 8. The van der Waals surface area contributed by atoms with Gasteiger partial charge >= 0.3 is 0 Å². The third-order valence-corrected chi connectivity index (χ3v) is 13.8. The molecule has 2 aromatic rings. The number of benzene rings is 2. The number of halogens is 2. The quantitative estimate of drug-likeness (QED) is 0.0749. The van der Waals surface area contributed by atoms with Gasteiger partial charge in [-0.1, -0.05) is 109 Å². The highest BCUT2D eigenvalue weighted by molar-refractivity contribution is 9.10. The van der Waals surface area contributed by atoms with E-state index in [1.165, 1.54) is 0 Å². The molecule has 0 unspecified atom stereocenters. The fourth-order valence-electron chi connectivity index (χ4n) is 6.64. The van der Waals surface area contributed by atoms with Crippen molar-refractivity contribution in [1.29, 1.82) is 0 Å². The molecule has 12 heteroatoms. The lowest BCUT2D eigenvalue weighted by atomic mass is 10.1. The van der Waals surface area contributed by atoms with Crippen LogP contribution in [0.1, 0.15) is 102 Å². The minimum atomic E-state index is 0.0721. The maximum absolute atomic E-state index is 14.4. The summed E-state index contributed by atoms with van der Waals surface area (Å²) in [5, 5.41) is 0. The molecule has 0 aliphatic rings. The Labute approximate surface area is 354 Å². The monoisotopic (exact) mass is 912 g/mol. The normalized spacial score (nSPS) is 11.7. The van der Waals surface area contributed by atoms with Crippen molar-refractivity contribution in [3.05, 3.63) is 56.5 Å². The minimum absolute atomic E-state index is 0.0721. The van der Waals surface area contributed by atoms with Gasteiger partial charge in [-0.05, 0) is 141 Å². The van der Waals surface area contributed by atoms with E-state index in [2.05, 4.69) is 117 Å². The molecule has 2 aromatic carbocycles. The first-order chi connectivity index (χ1) is 26.1. The van der Waals surface area contributed by atoms with Gasteiger partial charge < -0.3 is 29.4 Å². The summed E-state index contributed by atoms with van der Waals surface area (Å²) >= 11 is 7.36. The fraction of sp³-hybridized carbons (Fsp3) is 0.667. The topological polar surface area (TPSA) is 53.6 Å². The summed E-state index contributed by atoms with van der Waals surface area (Å²) in [6.07, 6.45) is 3.76. The predicted molar refractivity (Wildman–Crippen MR) is 241 cm³/mol. The molecule has 0 aliphatic carbocycles. The second kappa shape index (κ2) is 28.3. The molecule has 0 saturated carbocycles. The number of amides is 2. The van der Waals surface area contributed by atoms with Gasteiger partial charge in [-0.2, -0.15) is 0 Å². The van der Waals surface area contributed by atoms with E-state index in [-0.39, 0.29) is 11.8 Å². The number of hydrogen-bond donors (Lipinski definition) is 0. The molecule has 306 valence electrons. The van der Waals surface area contributed by atoms with Crippen LogP contribution in [-0.2, 0) is 0 Å². The van der Waals surface area contributed by atoms with Gasteiger partial charge in [-0.25, -0.2) is 0 Å². The molecule has 0 heterocycles. The summed E-state index contributed by atoms with van der Waals surface area (Å²) in [6.45, 7) is 32.5. The van der Waals surface area contributed by atoms with E-state index in [1.807, 2.05) is 36.4 Å². The average Bonchev–Trinajstić information content (AvgIpc) is 3.18. The first-order valence-electron chi connectivity index (χ1n) is 20.5. The lowest BCUT2D eigenvalue weighted by Gasteiger charge is -2.27. The molecule has 2 rings (SSSR count). The van der Waals surface area contributed by atoms with Crippen LogP contribution in [0.15, 0.2) is 55.1 Å². The molecule has 0 bridgehead atoms. The van der Waals surface area contributed by atoms with Crippen LogP contribution >= 0.6 is 53.4 Å². The summed E-state index contributed by atoms with van der Waals surface area (Å²) in [6, 6.07) is 11.9. The van der Waals surface area contributed by atoms with Gasteiger partial charge in [0, 0.05) is 44.9 Å². The van der Waals surface area contributed by atoms with Crippen molar-refractivity contribution in [3.63, 3.8) is 0 Å². The molecule has 8 nitrogen and oxygen atoms in total. The Balaban J connectivity index is 2.36. The van der Waals surface area contributed by atoms with Crippen LogP contribution in [0, 0.1) is 0 Å². The smallest absolute Gasteiger partial charge is 0.255 e. The van der Waals surface area contributed by atoms with Crippen molar-refractivity contribution < 1.29 is 9.59 Å². The zero-order valence-corrected chi connectivity index (χ0v) is 39.5. The second-order valence-electron chi connectivity index (χ2n) is 13.6. The molecule has 0 radical (unpaired) electrons. The van der Waals surface area contributed by atoms with E-state index in [0.29, 0.717) is 11.1 Å². The first kappa shape index (κ1) is 49.0. The molecule has 0 fully saturated rings. The summed E-state index contributed by atoms with van der Waals surface area (Å²) in [7, 11) is 3.11. The number of rotatable bonds is 29. The highest BCUT2D eigenvalue weighted by Gasteiger charge is 2.23. The SMILES string of the molecule is CCN(CC)CCCN(CCCN(CC)CC)C(=O)c1ccc(Br)cc1SSc1cc(Br)ccc1C(=O)N(CCCN(CC)CC)CCCN(CC)CC. The third kappa shape index (κ3) is 17.2. The standard InChI is InChI=1S/C42H70Br2N6O2S2/c1-9-45(10-2)25-17-29-49(30-18-26-46(11-3)12-4)41(51)37-23-21-35(43)33-39(37)53-54-40-34-36(44)22-24-38(40)42(52)50(31-19-27-47(13-5)14-6)32-20-28-48(15-7)16-8/h21-24,33-34H,9-20,25-32H2,1-8H3. The zero-order valence-electron chi connectivity index (χ0n) is 34.7. The van der Waals surface area contributed by atoms with Crippen LogP contribution in [0.25, 0.3) is 0 Å². The molecule has 0 aliphatic heterocycles. The Morgan fingerprint density at radius 2 is 0.704 bits per heavy atom. The zero-order chi connectivity index (χ0) is 39.9. The van der Waals surface area contributed by atoms with Gasteiger partial charge in [0.1, 0.15) is 0 Å². The van der Waals surface area contributed by atoms with Crippen LogP contribution in [0.3, 0.4) is 0 Å². The highest BCUT2D eigenvalue weighted by Crippen LogP contribution is 2.43. The van der Waals surface area contributed by atoms with Gasteiger partial charge in [0.2, 0.25) is 0 Å². The van der Waals surface area contributed by atoms with Crippen molar-refractivity contribution in [2.24, 2.45) is 0 Å². The van der Waals surface area contributed by atoms with Gasteiger partial charge in [-0.15, -0.1) is 0 Å². The minimum Gasteiger partial charge on any atom is -0.339 e. The van der Waals surface area contributed by atoms with Crippen LogP contribution in [0.2, 0.25) is 0 Å². The van der Waals surface area contributed by atoms with E-state index in [9.17, 15) is 9.59 Å². The van der Waals surface area contributed by atoms with Crippen LogP contribution in [-0.4, -0.2) is 146 Å². The van der Waals surface area contributed by atoms with E-state index < -0.39 is 0 Å². The Morgan fingerprint density at radius 1 is 0.444 bits per heavy atom. The van der Waals surface area contributed by atoms with Crippen molar-refractivity contribution in [2.75, 3.05) is 105 Å². The van der Waals surface area contributed by atoms with E-state index >= 15 is 0 Å². The van der Waals surface area contributed by atoms with E-state index in [4.69, 9.17) is 0 Å². The molecule has 0 spiro atoms. The second-order valence-corrected chi connectivity index (χ2v) is 17.6. The third-order valence-electron chi connectivity index (χ3n) is 10.3.